The third-order valence-corrected chi connectivity index (χ3v) is 4.46. The topological polar surface area (TPSA) is 58.1 Å². The van der Waals surface area contributed by atoms with Gasteiger partial charge >= 0.3 is 6.18 Å². The lowest BCUT2D eigenvalue weighted by atomic mass is 10.2. The zero-order valence-electron chi connectivity index (χ0n) is 11.5. The molecule has 1 unspecified atom stereocenters. The number of amides is 1. The SMILES string of the molecule is O=C1C(Nc2nnc(C(F)(F)F)s2)CCN1c1ccc(Cl)cc1. The van der Waals surface area contributed by atoms with Gasteiger partial charge in [-0.15, -0.1) is 10.2 Å². The van der Waals surface area contributed by atoms with E-state index in [-0.39, 0.29) is 11.0 Å². The van der Waals surface area contributed by atoms with E-state index in [9.17, 15) is 18.0 Å². The molecule has 0 radical (unpaired) electrons. The number of hydrogen-bond donors (Lipinski definition) is 1. The first kappa shape index (κ1) is 16.0. The van der Waals surface area contributed by atoms with Crippen molar-refractivity contribution < 1.29 is 18.0 Å². The van der Waals surface area contributed by atoms with Crippen molar-refractivity contribution in [3.8, 4) is 0 Å². The van der Waals surface area contributed by atoms with Gasteiger partial charge in [-0.05, 0) is 30.7 Å². The number of alkyl halides is 3. The fraction of sp³-hybridized carbons (Fsp3) is 0.308. The van der Waals surface area contributed by atoms with Crippen molar-refractivity contribution in [2.75, 3.05) is 16.8 Å². The molecule has 3 rings (SSSR count). The van der Waals surface area contributed by atoms with Crippen LogP contribution in [0, 0.1) is 0 Å². The summed E-state index contributed by atoms with van der Waals surface area (Å²) in [6, 6.07) is 6.15. The van der Waals surface area contributed by atoms with E-state index < -0.39 is 17.2 Å². The summed E-state index contributed by atoms with van der Waals surface area (Å²) >= 11 is 6.19. The quantitative estimate of drug-likeness (QED) is 0.908. The minimum atomic E-state index is -4.54. The second-order valence-electron chi connectivity index (χ2n) is 4.86. The molecule has 2 aromatic rings. The molecule has 5 nitrogen and oxygen atoms in total. The van der Waals surface area contributed by atoms with E-state index in [2.05, 4.69) is 15.5 Å². The molecule has 1 aliphatic heterocycles. The zero-order chi connectivity index (χ0) is 16.6. The fourth-order valence-corrected chi connectivity index (χ4v) is 3.03. The predicted octanol–water partition coefficient (Wildman–Crippen LogP) is 3.43. The smallest absolute Gasteiger partial charge is 0.348 e. The molecule has 0 aliphatic carbocycles. The van der Waals surface area contributed by atoms with Gasteiger partial charge in [0.15, 0.2) is 0 Å². The molecule has 1 amide bonds. The second kappa shape index (κ2) is 5.97. The van der Waals surface area contributed by atoms with Crippen molar-refractivity contribution in [3.05, 3.63) is 34.3 Å². The first-order valence-electron chi connectivity index (χ1n) is 6.59. The van der Waals surface area contributed by atoms with Crippen LogP contribution in [0.15, 0.2) is 24.3 Å². The van der Waals surface area contributed by atoms with Gasteiger partial charge in [0.2, 0.25) is 16.0 Å². The number of nitrogens with one attached hydrogen (secondary N) is 1. The van der Waals surface area contributed by atoms with E-state index in [0.29, 0.717) is 35.0 Å². The maximum Gasteiger partial charge on any atom is 0.445 e. The number of carbonyl (C=O) groups excluding carboxylic acids is 1. The molecule has 1 atom stereocenters. The van der Waals surface area contributed by atoms with Gasteiger partial charge in [0.1, 0.15) is 6.04 Å². The number of hydrogen-bond acceptors (Lipinski definition) is 5. The van der Waals surface area contributed by atoms with Crippen molar-refractivity contribution >= 4 is 39.7 Å². The maximum atomic E-state index is 12.5. The van der Waals surface area contributed by atoms with Gasteiger partial charge in [-0.3, -0.25) is 4.79 Å². The molecule has 1 aromatic heterocycles. The van der Waals surface area contributed by atoms with E-state index in [1.165, 1.54) is 0 Å². The van der Waals surface area contributed by atoms with Crippen molar-refractivity contribution in [1.82, 2.24) is 10.2 Å². The first-order chi connectivity index (χ1) is 10.8. The number of carbonyl (C=O) groups is 1. The Kier molecular flexibility index (Phi) is 4.15. The first-order valence-corrected chi connectivity index (χ1v) is 7.78. The number of nitrogens with zero attached hydrogens (tertiary/aromatic N) is 3. The third-order valence-electron chi connectivity index (χ3n) is 3.31. The van der Waals surface area contributed by atoms with Crippen molar-refractivity contribution in [2.45, 2.75) is 18.6 Å². The Morgan fingerprint density at radius 1 is 1.26 bits per heavy atom. The molecule has 0 saturated carbocycles. The number of aromatic nitrogens is 2. The molecule has 122 valence electrons. The Morgan fingerprint density at radius 2 is 1.96 bits per heavy atom. The maximum absolute atomic E-state index is 12.5. The van der Waals surface area contributed by atoms with Gasteiger partial charge in [-0.1, -0.05) is 22.9 Å². The molecule has 0 bridgehead atoms. The average molecular weight is 363 g/mol. The van der Waals surface area contributed by atoms with Crippen LogP contribution in [-0.4, -0.2) is 28.7 Å². The van der Waals surface area contributed by atoms with Gasteiger partial charge in [0, 0.05) is 17.3 Å². The highest BCUT2D eigenvalue weighted by atomic mass is 35.5. The van der Waals surface area contributed by atoms with Crippen LogP contribution in [0.4, 0.5) is 24.0 Å². The number of anilines is 2. The largest absolute Gasteiger partial charge is 0.445 e. The highest BCUT2D eigenvalue weighted by molar-refractivity contribution is 7.15. The van der Waals surface area contributed by atoms with E-state index in [1.54, 1.807) is 29.2 Å². The lowest BCUT2D eigenvalue weighted by Crippen LogP contribution is -2.33. The van der Waals surface area contributed by atoms with Crippen molar-refractivity contribution in [1.29, 1.82) is 0 Å². The van der Waals surface area contributed by atoms with Crippen LogP contribution in [0.5, 0.6) is 0 Å². The van der Waals surface area contributed by atoms with E-state index in [0.717, 1.165) is 0 Å². The van der Waals surface area contributed by atoms with Crippen LogP contribution in [0.2, 0.25) is 5.02 Å². The Bertz CT molecular complexity index is 719. The van der Waals surface area contributed by atoms with Crippen LogP contribution in [0.25, 0.3) is 0 Å². The summed E-state index contributed by atoms with van der Waals surface area (Å²) in [5.74, 6) is -0.226. The summed E-state index contributed by atoms with van der Waals surface area (Å²) < 4.78 is 37.5. The molecule has 1 N–H and O–H groups in total. The second-order valence-corrected chi connectivity index (χ2v) is 6.28. The van der Waals surface area contributed by atoms with Crippen LogP contribution in [0.3, 0.4) is 0 Å². The molecule has 1 aromatic carbocycles. The summed E-state index contributed by atoms with van der Waals surface area (Å²) in [4.78, 5) is 13.9. The summed E-state index contributed by atoms with van der Waals surface area (Å²) in [5, 5.41) is 8.74. The number of halogens is 4. The van der Waals surface area contributed by atoms with Crippen LogP contribution < -0.4 is 10.2 Å². The Labute approximate surface area is 138 Å². The van der Waals surface area contributed by atoms with Crippen LogP contribution in [0.1, 0.15) is 11.4 Å². The minimum Gasteiger partial charge on any atom is -0.348 e. The molecule has 2 heterocycles. The van der Waals surface area contributed by atoms with Gasteiger partial charge in [0.25, 0.3) is 0 Å². The van der Waals surface area contributed by atoms with E-state index in [1.807, 2.05) is 0 Å². The van der Waals surface area contributed by atoms with Crippen molar-refractivity contribution in [2.24, 2.45) is 0 Å². The summed E-state index contributed by atoms with van der Waals surface area (Å²) in [6.07, 6.45) is -4.07. The Hall–Kier alpha value is -1.87. The summed E-state index contributed by atoms with van der Waals surface area (Å²) in [7, 11) is 0. The minimum absolute atomic E-state index is 0.0198. The predicted molar refractivity (Wildman–Crippen MR) is 80.7 cm³/mol. The van der Waals surface area contributed by atoms with Crippen LogP contribution >= 0.6 is 22.9 Å². The Balaban J connectivity index is 1.70. The van der Waals surface area contributed by atoms with Crippen LogP contribution in [-0.2, 0) is 11.0 Å². The molecular formula is C13H10ClF3N4OS. The Morgan fingerprint density at radius 3 is 2.57 bits per heavy atom. The summed E-state index contributed by atoms with van der Waals surface area (Å²) in [5.41, 5.74) is 0.692. The van der Waals surface area contributed by atoms with Crippen molar-refractivity contribution in [3.63, 3.8) is 0 Å². The molecule has 10 heteroatoms. The third kappa shape index (κ3) is 3.40. The monoisotopic (exact) mass is 362 g/mol. The molecule has 0 spiro atoms. The highest BCUT2D eigenvalue weighted by Gasteiger charge is 2.37. The molecule has 23 heavy (non-hydrogen) atoms. The van der Waals surface area contributed by atoms with Gasteiger partial charge < -0.3 is 10.2 Å². The van der Waals surface area contributed by atoms with Gasteiger partial charge in [-0.25, -0.2) is 0 Å². The standard InChI is InChI=1S/C13H10ClF3N4OS/c14-7-1-3-8(4-2-7)21-6-5-9(10(21)22)18-12-20-19-11(23-12)13(15,16)17/h1-4,9H,5-6H2,(H,18,20). The van der Waals surface area contributed by atoms with E-state index >= 15 is 0 Å². The fourth-order valence-electron chi connectivity index (χ4n) is 2.24. The molecular weight excluding hydrogens is 353 g/mol. The molecule has 1 fully saturated rings. The number of rotatable bonds is 3. The lowest BCUT2D eigenvalue weighted by molar-refractivity contribution is -0.138. The lowest BCUT2D eigenvalue weighted by Gasteiger charge is -2.17. The summed E-state index contributed by atoms with van der Waals surface area (Å²) in [6.45, 7) is 0.461. The van der Waals surface area contributed by atoms with Gasteiger partial charge in [-0.2, -0.15) is 13.2 Å². The van der Waals surface area contributed by atoms with E-state index in [4.69, 9.17) is 11.6 Å². The molecule has 1 saturated heterocycles. The zero-order valence-corrected chi connectivity index (χ0v) is 13.0. The normalized spacial score (nSPS) is 18.5. The number of benzene rings is 1. The highest BCUT2D eigenvalue weighted by Crippen LogP contribution is 2.34. The molecule has 1 aliphatic rings. The van der Waals surface area contributed by atoms with Gasteiger partial charge in [0.05, 0.1) is 0 Å². The average Bonchev–Trinajstić information content (AvgIpc) is 3.09.